The van der Waals surface area contributed by atoms with E-state index in [1.165, 1.54) is 12.1 Å². The number of amides is 1. The van der Waals surface area contributed by atoms with Gasteiger partial charge in [0.2, 0.25) is 0 Å². The molecule has 0 radical (unpaired) electrons. The second kappa shape index (κ2) is 4.54. The number of carbonyl (C=O) groups is 1. The summed E-state index contributed by atoms with van der Waals surface area (Å²) in [6.45, 7) is 0.958. The molecule has 0 aliphatic carbocycles. The molecule has 1 fully saturated rings. The molecule has 2 heterocycles. The van der Waals surface area contributed by atoms with Crippen molar-refractivity contribution in [3.05, 3.63) is 27.9 Å². The Balaban J connectivity index is 2.06. The quantitative estimate of drug-likeness (QED) is 0.580. The number of nitrogens with one attached hydrogen (secondary N) is 1. The van der Waals surface area contributed by atoms with Gasteiger partial charge >= 0.3 is 5.82 Å². The number of piperidine rings is 1. The van der Waals surface area contributed by atoms with Crippen molar-refractivity contribution in [2.45, 2.75) is 18.9 Å². The largest absolute Gasteiger partial charge is 0.393 e. The summed E-state index contributed by atoms with van der Waals surface area (Å²) >= 11 is 0. The normalized spacial score (nSPS) is 17.1. The van der Waals surface area contributed by atoms with Gasteiger partial charge in [-0.25, -0.2) is 4.98 Å². The molecular weight excluding hydrogens is 226 g/mol. The van der Waals surface area contributed by atoms with Gasteiger partial charge in [0.15, 0.2) is 5.69 Å². The number of nitro groups is 1. The molecule has 0 bridgehead atoms. The first-order valence-corrected chi connectivity index (χ1v) is 5.38. The average Bonchev–Trinajstić information content (AvgIpc) is 2.78. The highest BCUT2D eigenvalue weighted by Gasteiger charge is 2.25. The minimum absolute atomic E-state index is 0.189. The number of aromatic nitrogens is 1. The van der Waals surface area contributed by atoms with Gasteiger partial charge in [-0.2, -0.15) is 0 Å². The number of carbonyl (C=O) groups excluding carboxylic acids is 1. The van der Waals surface area contributed by atoms with Crippen LogP contribution in [0.4, 0.5) is 5.82 Å². The van der Waals surface area contributed by atoms with Crippen LogP contribution in [0, 0.1) is 10.1 Å². The number of aromatic amines is 1. The molecule has 2 N–H and O–H groups in total. The Morgan fingerprint density at radius 2 is 2.12 bits per heavy atom. The SMILES string of the molecule is O=C(c1ccc([N+](=O)[O-])[nH]1)N1CCC(O)CC1. The van der Waals surface area contributed by atoms with Gasteiger partial charge in [0.25, 0.3) is 5.91 Å². The number of likely N-dealkylation sites (tertiary alicyclic amines) is 1. The molecule has 0 saturated carbocycles. The maximum atomic E-state index is 11.9. The molecule has 1 amide bonds. The van der Waals surface area contributed by atoms with E-state index in [2.05, 4.69) is 4.98 Å². The van der Waals surface area contributed by atoms with Gasteiger partial charge < -0.3 is 20.1 Å². The van der Waals surface area contributed by atoms with Crippen LogP contribution in [0.5, 0.6) is 0 Å². The summed E-state index contributed by atoms with van der Waals surface area (Å²) in [6.07, 6.45) is 0.750. The van der Waals surface area contributed by atoms with Crippen LogP contribution >= 0.6 is 0 Å². The molecule has 17 heavy (non-hydrogen) atoms. The van der Waals surface area contributed by atoms with Crippen molar-refractivity contribution in [2.24, 2.45) is 0 Å². The lowest BCUT2D eigenvalue weighted by Crippen LogP contribution is -2.40. The van der Waals surface area contributed by atoms with Crippen LogP contribution in [-0.4, -0.2) is 45.0 Å². The number of nitrogens with zero attached hydrogens (tertiary/aromatic N) is 2. The predicted molar refractivity (Wildman–Crippen MR) is 58.6 cm³/mol. The summed E-state index contributed by atoms with van der Waals surface area (Å²) in [6, 6.07) is 2.68. The van der Waals surface area contributed by atoms with Crippen molar-refractivity contribution in [1.29, 1.82) is 0 Å². The van der Waals surface area contributed by atoms with Gasteiger partial charge in [0, 0.05) is 19.2 Å². The Kier molecular flexibility index (Phi) is 3.10. The summed E-state index contributed by atoms with van der Waals surface area (Å²) in [5.41, 5.74) is 0.216. The summed E-state index contributed by atoms with van der Waals surface area (Å²) < 4.78 is 0. The number of hydrogen-bond acceptors (Lipinski definition) is 4. The molecular formula is C10H13N3O4. The van der Waals surface area contributed by atoms with E-state index < -0.39 is 4.92 Å². The van der Waals surface area contributed by atoms with E-state index in [9.17, 15) is 20.0 Å². The molecule has 0 aromatic carbocycles. The Bertz CT molecular complexity index is 435. The van der Waals surface area contributed by atoms with E-state index in [1.807, 2.05) is 0 Å². The molecule has 1 aliphatic rings. The number of aliphatic hydroxyl groups excluding tert-OH is 1. The molecule has 1 aromatic heterocycles. The molecule has 1 aromatic rings. The van der Waals surface area contributed by atoms with Crippen molar-refractivity contribution in [3.8, 4) is 0 Å². The second-order valence-electron chi connectivity index (χ2n) is 4.04. The first-order chi connectivity index (χ1) is 8.08. The highest BCUT2D eigenvalue weighted by Crippen LogP contribution is 2.15. The summed E-state index contributed by atoms with van der Waals surface area (Å²) in [4.78, 5) is 25.9. The third-order valence-corrected chi connectivity index (χ3v) is 2.85. The zero-order valence-electron chi connectivity index (χ0n) is 9.13. The first-order valence-electron chi connectivity index (χ1n) is 5.38. The van der Waals surface area contributed by atoms with Gasteiger partial charge in [0.05, 0.1) is 6.10 Å². The zero-order chi connectivity index (χ0) is 12.4. The van der Waals surface area contributed by atoms with Gasteiger partial charge in [0.1, 0.15) is 0 Å². The summed E-state index contributed by atoms with van der Waals surface area (Å²) in [5.74, 6) is -0.449. The highest BCUT2D eigenvalue weighted by atomic mass is 16.6. The molecule has 0 atom stereocenters. The van der Waals surface area contributed by atoms with Gasteiger partial charge in [-0.15, -0.1) is 0 Å². The second-order valence-corrected chi connectivity index (χ2v) is 4.04. The van der Waals surface area contributed by atoms with Crippen LogP contribution < -0.4 is 0 Å². The van der Waals surface area contributed by atoms with E-state index in [-0.39, 0.29) is 23.5 Å². The smallest absolute Gasteiger partial charge is 0.321 e. The van der Waals surface area contributed by atoms with E-state index in [0.717, 1.165) is 0 Å². The molecule has 92 valence electrons. The van der Waals surface area contributed by atoms with Crippen molar-refractivity contribution in [1.82, 2.24) is 9.88 Å². The Labute approximate surface area is 97.2 Å². The van der Waals surface area contributed by atoms with Crippen LogP contribution in [0.2, 0.25) is 0 Å². The van der Waals surface area contributed by atoms with E-state index in [4.69, 9.17) is 0 Å². The Morgan fingerprint density at radius 1 is 1.47 bits per heavy atom. The molecule has 0 unspecified atom stereocenters. The Morgan fingerprint density at radius 3 is 2.65 bits per heavy atom. The van der Waals surface area contributed by atoms with Crippen LogP contribution in [0.25, 0.3) is 0 Å². The highest BCUT2D eigenvalue weighted by molar-refractivity contribution is 5.93. The fraction of sp³-hybridized carbons (Fsp3) is 0.500. The van der Waals surface area contributed by atoms with E-state index in [1.54, 1.807) is 4.90 Å². The molecule has 2 rings (SSSR count). The van der Waals surface area contributed by atoms with E-state index in [0.29, 0.717) is 25.9 Å². The minimum atomic E-state index is -0.573. The van der Waals surface area contributed by atoms with Crippen LogP contribution in [0.3, 0.4) is 0 Å². The fourth-order valence-corrected chi connectivity index (χ4v) is 1.85. The van der Waals surface area contributed by atoms with Crippen molar-refractivity contribution < 1.29 is 14.8 Å². The standard InChI is InChI=1S/C10H13N3O4/c14-7-3-5-12(6-4-7)10(15)8-1-2-9(11-8)13(16)17/h1-2,7,11,14H,3-6H2. The monoisotopic (exact) mass is 239 g/mol. The molecule has 1 aliphatic heterocycles. The number of rotatable bonds is 2. The molecule has 7 nitrogen and oxygen atoms in total. The number of hydrogen-bond donors (Lipinski definition) is 2. The maximum absolute atomic E-state index is 11.9. The van der Waals surface area contributed by atoms with Gasteiger partial charge in [-0.3, -0.25) is 4.79 Å². The molecule has 7 heteroatoms. The third-order valence-electron chi connectivity index (χ3n) is 2.85. The average molecular weight is 239 g/mol. The number of H-pyrrole nitrogens is 1. The fourth-order valence-electron chi connectivity index (χ4n) is 1.85. The number of aliphatic hydroxyl groups is 1. The van der Waals surface area contributed by atoms with Crippen LogP contribution in [0.1, 0.15) is 23.3 Å². The van der Waals surface area contributed by atoms with Gasteiger partial charge in [-0.05, 0) is 23.8 Å². The first kappa shape index (κ1) is 11.6. The summed E-state index contributed by atoms with van der Waals surface area (Å²) in [5, 5.41) is 19.8. The topological polar surface area (TPSA) is 99.5 Å². The lowest BCUT2D eigenvalue weighted by Gasteiger charge is -2.28. The minimum Gasteiger partial charge on any atom is -0.393 e. The third kappa shape index (κ3) is 2.44. The van der Waals surface area contributed by atoms with Gasteiger partial charge in [-0.1, -0.05) is 0 Å². The van der Waals surface area contributed by atoms with E-state index >= 15 is 0 Å². The predicted octanol–water partition coefficient (Wildman–Crippen LogP) is 0.520. The lowest BCUT2D eigenvalue weighted by atomic mass is 10.1. The maximum Gasteiger partial charge on any atom is 0.321 e. The molecule has 1 saturated heterocycles. The lowest BCUT2D eigenvalue weighted by molar-refractivity contribution is -0.389. The Hall–Kier alpha value is -1.89. The molecule has 0 spiro atoms. The van der Waals surface area contributed by atoms with Crippen LogP contribution in [0.15, 0.2) is 12.1 Å². The zero-order valence-corrected chi connectivity index (χ0v) is 9.13. The van der Waals surface area contributed by atoms with Crippen LogP contribution in [-0.2, 0) is 0 Å². The van der Waals surface area contributed by atoms with Crippen molar-refractivity contribution in [2.75, 3.05) is 13.1 Å². The summed E-state index contributed by atoms with van der Waals surface area (Å²) in [7, 11) is 0. The van der Waals surface area contributed by atoms with Crippen molar-refractivity contribution >= 4 is 11.7 Å². The van der Waals surface area contributed by atoms with Crippen molar-refractivity contribution in [3.63, 3.8) is 0 Å².